The number of carbonyl (C=O) groups is 2. The summed E-state index contributed by atoms with van der Waals surface area (Å²) in [5.41, 5.74) is 7.52. The molecule has 0 radical (unpaired) electrons. The standard InChI is InChI=1S/C29H39N3O6/c1-3-4-13-31(14-7-12-30)27(33)18-32-17-22(20-10-11-25-26(16-20)38-19-37-25)28(29(34)35)23(32)15-21-8-5-6-9-24(21)36-2/h5-6,8-11,16,22-23,28H,3-4,7,12-15,17-19,30H2,1-2H3,(H,34,35). The molecule has 2 aromatic carbocycles. The number of rotatable bonds is 13. The average Bonchev–Trinajstić information content (AvgIpc) is 3.53. The first-order valence-corrected chi connectivity index (χ1v) is 13.4. The van der Waals surface area contributed by atoms with Gasteiger partial charge in [-0.1, -0.05) is 37.6 Å². The van der Waals surface area contributed by atoms with E-state index >= 15 is 0 Å². The van der Waals surface area contributed by atoms with Crippen molar-refractivity contribution in [2.45, 2.75) is 44.6 Å². The Kier molecular flexibility index (Phi) is 9.47. The summed E-state index contributed by atoms with van der Waals surface area (Å²) >= 11 is 0. The van der Waals surface area contributed by atoms with Crippen LogP contribution < -0.4 is 19.9 Å². The van der Waals surface area contributed by atoms with Crippen LogP contribution >= 0.6 is 0 Å². The molecule has 206 valence electrons. The number of unbranched alkanes of at least 4 members (excludes halogenated alkanes) is 1. The zero-order valence-corrected chi connectivity index (χ0v) is 22.3. The van der Waals surface area contributed by atoms with Crippen LogP contribution in [-0.2, 0) is 16.0 Å². The molecule has 2 heterocycles. The van der Waals surface area contributed by atoms with Crippen molar-refractivity contribution in [3.8, 4) is 17.2 Å². The predicted molar refractivity (Wildman–Crippen MR) is 144 cm³/mol. The fourth-order valence-electron chi connectivity index (χ4n) is 5.59. The zero-order valence-electron chi connectivity index (χ0n) is 22.3. The number of carbonyl (C=O) groups excluding carboxylic acids is 1. The Morgan fingerprint density at radius 1 is 1.13 bits per heavy atom. The summed E-state index contributed by atoms with van der Waals surface area (Å²) in [4.78, 5) is 30.3. The Morgan fingerprint density at radius 3 is 2.63 bits per heavy atom. The molecule has 2 aliphatic rings. The highest BCUT2D eigenvalue weighted by atomic mass is 16.7. The minimum Gasteiger partial charge on any atom is -0.496 e. The van der Waals surface area contributed by atoms with Crippen molar-refractivity contribution in [3.05, 3.63) is 53.6 Å². The van der Waals surface area contributed by atoms with E-state index in [1.54, 1.807) is 7.11 Å². The van der Waals surface area contributed by atoms with Crippen molar-refractivity contribution in [3.63, 3.8) is 0 Å². The molecule has 0 aromatic heterocycles. The van der Waals surface area contributed by atoms with Crippen molar-refractivity contribution < 1.29 is 28.9 Å². The smallest absolute Gasteiger partial charge is 0.308 e. The predicted octanol–water partition coefficient (Wildman–Crippen LogP) is 3.11. The number of carboxylic acids is 1. The van der Waals surface area contributed by atoms with Crippen LogP contribution in [0.4, 0.5) is 0 Å². The quantitative estimate of drug-likeness (QED) is 0.410. The Bertz CT molecular complexity index is 1100. The van der Waals surface area contributed by atoms with Gasteiger partial charge in [0.25, 0.3) is 0 Å². The van der Waals surface area contributed by atoms with E-state index in [9.17, 15) is 14.7 Å². The third kappa shape index (κ3) is 6.22. The molecule has 3 atom stereocenters. The van der Waals surface area contributed by atoms with E-state index in [-0.39, 0.29) is 25.2 Å². The van der Waals surface area contributed by atoms with Crippen LogP contribution in [0.3, 0.4) is 0 Å². The normalized spacial score (nSPS) is 20.4. The van der Waals surface area contributed by atoms with Crippen molar-refractivity contribution in [1.82, 2.24) is 9.80 Å². The van der Waals surface area contributed by atoms with Crippen LogP contribution in [0.25, 0.3) is 0 Å². The number of para-hydroxylation sites is 1. The Balaban J connectivity index is 1.66. The number of nitrogens with two attached hydrogens (primary N) is 1. The molecule has 2 aliphatic heterocycles. The number of amides is 1. The topological polar surface area (TPSA) is 115 Å². The van der Waals surface area contributed by atoms with Gasteiger partial charge in [-0.25, -0.2) is 0 Å². The van der Waals surface area contributed by atoms with Crippen LogP contribution in [0.1, 0.15) is 43.2 Å². The first-order chi connectivity index (χ1) is 18.5. The molecule has 1 saturated heterocycles. The van der Waals surface area contributed by atoms with Gasteiger partial charge in [0.05, 0.1) is 19.6 Å². The summed E-state index contributed by atoms with van der Waals surface area (Å²) in [6.45, 7) is 4.65. The lowest BCUT2D eigenvalue weighted by atomic mass is 9.83. The minimum atomic E-state index is -0.881. The minimum absolute atomic E-state index is 0.00685. The summed E-state index contributed by atoms with van der Waals surface area (Å²) in [5.74, 6) is 0.0735. The van der Waals surface area contributed by atoms with Gasteiger partial charge in [0.15, 0.2) is 11.5 Å². The van der Waals surface area contributed by atoms with Gasteiger partial charge in [-0.3, -0.25) is 14.5 Å². The lowest BCUT2D eigenvalue weighted by Gasteiger charge is -2.30. The van der Waals surface area contributed by atoms with Gasteiger partial charge in [-0.2, -0.15) is 0 Å². The fourth-order valence-corrected chi connectivity index (χ4v) is 5.59. The highest BCUT2D eigenvalue weighted by Gasteiger charge is 2.47. The van der Waals surface area contributed by atoms with Gasteiger partial charge in [0.1, 0.15) is 5.75 Å². The summed E-state index contributed by atoms with van der Waals surface area (Å²) in [6, 6.07) is 12.9. The summed E-state index contributed by atoms with van der Waals surface area (Å²) in [6.07, 6.45) is 3.09. The number of fused-ring (bicyclic) bond motifs is 1. The van der Waals surface area contributed by atoms with Crippen molar-refractivity contribution in [1.29, 1.82) is 0 Å². The maximum Gasteiger partial charge on any atom is 0.308 e. The lowest BCUT2D eigenvalue weighted by molar-refractivity contribution is -0.143. The summed E-state index contributed by atoms with van der Waals surface area (Å²) in [5, 5.41) is 10.5. The highest BCUT2D eigenvalue weighted by Crippen LogP contribution is 2.43. The van der Waals surface area contributed by atoms with E-state index < -0.39 is 17.9 Å². The van der Waals surface area contributed by atoms with Crippen LogP contribution in [0.5, 0.6) is 17.2 Å². The SMILES string of the molecule is CCCCN(CCCN)C(=O)CN1CC(c2ccc3c(c2)OCO3)C(C(=O)O)C1Cc1ccccc1OC. The number of aliphatic carboxylic acids is 1. The molecule has 9 heteroatoms. The Morgan fingerprint density at radius 2 is 1.89 bits per heavy atom. The van der Waals surface area contributed by atoms with Gasteiger partial charge in [0, 0.05) is 31.6 Å². The number of likely N-dealkylation sites (tertiary alicyclic amines) is 1. The zero-order chi connectivity index (χ0) is 27.1. The molecular formula is C29H39N3O6. The van der Waals surface area contributed by atoms with Gasteiger partial charge >= 0.3 is 5.97 Å². The van der Waals surface area contributed by atoms with Crippen molar-refractivity contribution in [2.24, 2.45) is 11.7 Å². The molecular weight excluding hydrogens is 486 g/mol. The number of ether oxygens (including phenoxy) is 3. The van der Waals surface area contributed by atoms with Gasteiger partial charge in [-0.15, -0.1) is 0 Å². The van der Waals surface area contributed by atoms with E-state index in [1.807, 2.05) is 52.3 Å². The second kappa shape index (κ2) is 13.0. The third-order valence-corrected chi connectivity index (χ3v) is 7.58. The van der Waals surface area contributed by atoms with Crippen LogP contribution in [0, 0.1) is 5.92 Å². The first kappa shape index (κ1) is 27.7. The van der Waals surface area contributed by atoms with Crippen LogP contribution in [-0.4, -0.2) is 79.5 Å². The maximum absolute atomic E-state index is 13.5. The third-order valence-electron chi connectivity index (χ3n) is 7.58. The average molecular weight is 526 g/mol. The number of benzene rings is 2. The molecule has 9 nitrogen and oxygen atoms in total. The fraction of sp³-hybridized carbons (Fsp3) is 0.517. The van der Waals surface area contributed by atoms with Gasteiger partial charge in [-0.05, 0) is 55.1 Å². The molecule has 1 fully saturated rings. The van der Waals surface area contributed by atoms with Crippen molar-refractivity contribution in [2.75, 3.05) is 46.6 Å². The van der Waals surface area contributed by atoms with Crippen LogP contribution in [0.2, 0.25) is 0 Å². The number of hydrogen-bond acceptors (Lipinski definition) is 7. The Hall–Kier alpha value is -3.30. The second-order valence-corrected chi connectivity index (χ2v) is 9.97. The number of hydrogen-bond donors (Lipinski definition) is 2. The molecule has 3 unspecified atom stereocenters. The van der Waals surface area contributed by atoms with Crippen molar-refractivity contribution >= 4 is 11.9 Å². The van der Waals surface area contributed by atoms with E-state index in [0.29, 0.717) is 49.8 Å². The van der Waals surface area contributed by atoms with Gasteiger partial charge < -0.3 is 30.0 Å². The van der Waals surface area contributed by atoms with E-state index in [4.69, 9.17) is 19.9 Å². The lowest BCUT2D eigenvalue weighted by Crippen LogP contribution is -2.45. The monoisotopic (exact) mass is 525 g/mol. The molecule has 0 bridgehead atoms. The highest BCUT2D eigenvalue weighted by molar-refractivity contribution is 5.79. The molecule has 38 heavy (non-hydrogen) atoms. The molecule has 0 spiro atoms. The second-order valence-electron chi connectivity index (χ2n) is 9.97. The molecule has 4 rings (SSSR count). The number of methoxy groups -OCH3 is 1. The molecule has 1 amide bonds. The number of nitrogens with zero attached hydrogens (tertiary/aromatic N) is 2. The largest absolute Gasteiger partial charge is 0.496 e. The van der Waals surface area contributed by atoms with Gasteiger partial charge in [0.2, 0.25) is 12.7 Å². The Labute approximate surface area is 224 Å². The molecule has 3 N–H and O–H groups in total. The van der Waals surface area contributed by atoms with E-state index in [0.717, 1.165) is 30.4 Å². The summed E-state index contributed by atoms with van der Waals surface area (Å²) in [7, 11) is 1.61. The molecule has 2 aromatic rings. The van der Waals surface area contributed by atoms with Crippen LogP contribution in [0.15, 0.2) is 42.5 Å². The molecule has 0 aliphatic carbocycles. The number of carboxylic acid groups (broad SMARTS) is 1. The maximum atomic E-state index is 13.5. The first-order valence-electron chi connectivity index (χ1n) is 13.4. The van der Waals surface area contributed by atoms with E-state index in [1.165, 1.54) is 0 Å². The molecule has 0 saturated carbocycles. The summed E-state index contributed by atoms with van der Waals surface area (Å²) < 4.78 is 16.6. The van der Waals surface area contributed by atoms with E-state index in [2.05, 4.69) is 6.92 Å².